The predicted octanol–water partition coefficient (Wildman–Crippen LogP) is 1.26. The van der Waals surface area contributed by atoms with Gasteiger partial charge in [-0.3, -0.25) is 4.90 Å². The van der Waals surface area contributed by atoms with Crippen LogP contribution in [0.4, 0.5) is 0 Å². The van der Waals surface area contributed by atoms with E-state index >= 15 is 0 Å². The largest absolute Gasteiger partial charge is 0.395 e. The van der Waals surface area contributed by atoms with Gasteiger partial charge in [-0.2, -0.15) is 0 Å². The second-order valence-corrected chi connectivity index (χ2v) is 7.42. The highest BCUT2D eigenvalue weighted by atomic mass is 127. The van der Waals surface area contributed by atoms with Crippen molar-refractivity contribution in [3.05, 3.63) is 0 Å². The van der Waals surface area contributed by atoms with E-state index in [0.29, 0.717) is 6.54 Å². The molecule has 0 saturated carbocycles. The number of rotatable bonds is 9. The number of aliphatic hydroxyl groups excluding tert-OH is 4. The monoisotopic (exact) mass is 415 g/mol. The molecule has 1 aliphatic heterocycles. The van der Waals surface area contributed by atoms with Crippen molar-refractivity contribution in [1.82, 2.24) is 4.90 Å². The lowest BCUT2D eigenvalue weighted by molar-refractivity contribution is -0.146. The fraction of sp³-hybridized carbons (Fsp3) is 1.00. The van der Waals surface area contributed by atoms with Crippen LogP contribution in [-0.4, -0.2) is 66.9 Å². The number of nitrogens with zero attached hydrogens (tertiary/aromatic N) is 1. The Morgan fingerprint density at radius 3 is 2.29 bits per heavy atom. The van der Waals surface area contributed by atoms with Crippen LogP contribution >= 0.6 is 22.6 Å². The van der Waals surface area contributed by atoms with Crippen LogP contribution < -0.4 is 0 Å². The molecule has 21 heavy (non-hydrogen) atoms. The summed E-state index contributed by atoms with van der Waals surface area (Å²) in [7, 11) is 0. The molecule has 0 radical (unpaired) electrons. The van der Waals surface area contributed by atoms with E-state index in [1.54, 1.807) is 0 Å². The van der Waals surface area contributed by atoms with Gasteiger partial charge in [0.05, 0.1) is 22.8 Å². The molecule has 126 valence electrons. The summed E-state index contributed by atoms with van der Waals surface area (Å²) in [6.45, 7) is 2.30. The van der Waals surface area contributed by atoms with Crippen LogP contribution in [0.2, 0.25) is 0 Å². The van der Waals surface area contributed by atoms with Crippen LogP contribution in [0.1, 0.15) is 51.9 Å². The standard InChI is InChI=1S/C15H30INO4/c1-2-3-4-5-6-7-8-13(16)17-9-12(19)15(21)14(20)11(17)10-18/h11-15,18-21H,2-10H2,1H3. The zero-order valence-corrected chi connectivity index (χ0v) is 15.0. The molecule has 6 heteroatoms. The molecule has 0 spiro atoms. The van der Waals surface area contributed by atoms with Gasteiger partial charge >= 0.3 is 0 Å². The lowest BCUT2D eigenvalue weighted by Crippen LogP contribution is -2.63. The van der Waals surface area contributed by atoms with Crippen LogP contribution in [0, 0.1) is 0 Å². The molecule has 0 aliphatic carbocycles. The van der Waals surface area contributed by atoms with Crippen molar-refractivity contribution < 1.29 is 20.4 Å². The van der Waals surface area contributed by atoms with Crippen molar-refractivity contribution in [2.24, 2.45) is 0 Å². The highest BCUT2D eigenvalue weighted by Crippen LogP contribution is 2.26. The van der Waals surface area contributed by atoms with Gasteiger partial charge in [0.15, 0.2) is 0 Å². The highest BCUT2D eigenvalue weighted by molar-refractivity contribution is 14.1. The third kappa shape index (κ3) is 5.91. The van der Waals surface area contributed by atoms with Crippen molar-refractivity contribution in [3.8, 4) is 0 Å². The Bertz CT molecular complexity index is 282. The average Bonchev–Trinajstić information content (AvgIpc) is 2.47. The molecule has 1 rings (SSSR count). The first-order chi connectivity index (χ1) is 10.0. The number of hydrogen-bond acceptors (Lipinski definition) is 5. The summed E-state index contributed by atoms with van der Waals surface area (Å²) in [5, 5.41) is 39.0. The molecular formula is C15H30INO4. The van der Waals surface area contributed by atoms with Gasteiger partial charge in [0.2, 0.25) is 0 Å². The average molecular weight is 415 g/mol. The van der Waals surface area contributed by atoms with E-state index in [9.17, 15) is 20.4 Å². The van der Waals surface area contributed by atoms with Crippen molar-refractivity contribution in [2.75, 3.05) is 13.2 Å². The third-order valence-corrected chi connectivity index (χ3v) is 5.64. The summed E-state index contributed by atoms with van der Waals surface area (Å²) >= 11 is 2.31. The fourth-order valence-electron chi connectivity index (χ4n) is 2.90. The Hall–Kier alpha value is 0.530. The van der Waals surface area contributed by atoms with E-state index in [-0.39, 0.29) is 10.7 Å². The van der Waals surface area contributed by atoms with Crippen molar-refractivity contribution in [2.45, 2.75) is 80.3 Å². The molecule has 5 unspecified atom stereocenters. The second kappa shape index (κ2) is 10.3. The first-order valence-electron chi connectivity index (χ1n) is 8.07. The zero-order valence-electron chi connectivity index (χ0n) is 12.9. The van der Waals surface area contributed by atoms with Gasteiger partial charge in [-0.1, -0.05) is 68.0 Å². The van der Waals surface area contributed by atoms with E-state index < -0.39 is 24.4 Å². The van der Waals surface area contributed by atoms with Crippen molar-refractivity contribution >= 4 is 22.6 Å². The third-order valence-electron chi connectivity index (χ3n) is 4.31. The van der Waals surface area contributed by atoms with Crippen LogP contribution in [0.3, 0.4) is 0 Å². The molecule has 0 aromatic heterocycles. The number of likely N-dealkylation sites (tertiary alicyclic amines) is 1. The topological polar surface area (TPSA) is 84.2 Å². The molecule has 0 aromatic carbocycles. The molecule has 4 N–H and O–H groups in total. The molecule has 5 nitrogen and oxygen atoms in total. The van der Waals surface area contributed by atoms with Gasteiger partial charge < -0.3 is 20.4 Å². The SMILES string of the molecule is CCCCCCCCC(I)N1CC(O)C(O)C(O)C1CO. The maximum atomic E-state index is 9.98. The first-order valence-corrected chi connectivity index (χ1v) is 9.32. The van der Waals surface area contributed by atoms with Gasteiger partial charge in [-0.25, -0.2) is 0 Å². The van der Waals surface area contributed by atoms with Gasteiger partial charge in [0, 0.05) is 6.54 Å². The van der Waals surface area contributed by atoms with Gasteiger partial charge in [0.1, 0.15) is 12.2 Å². The fourth-order valence-corrected chi connectivity index (χ4v) is 3.99. The van der Waals surface area contributed by atoms with Crippen LogP contribution in [-0.2, 0) is 0 Å². The van der Waals surface area contributed by atoms with E-state index in [1.807, 2.05) is 4.90 Å². The number of unbranched alkanes of at least 4 members (excludes halogenated alkanes) is 5. The lowest BCUT2D eigenvalue weighted by atomic mass is 9.94. The Labute approximate surface area is 141 Å². The van der Waals surface area contributed by atoms with E-state index in [1.165, 1.54) is 32.1 Å². The number of halogens is 1. The summed E-state index contributed by atoms with van der Waals surface area (Å²) in [6, 6.07) is -0.495. The minimum Gasteiger partial charge on any atom is -0.395 e. The number of piperidine rings is 1. The highest BCUT2D eigenvalue weighted by Gasteiger charge is 2.42. The smallest absolute Gasteiger partial charge is 0.109 e. The Morgan fingerprint density at radius 1 is 1.05 bits per heavy atom. The number of β-amino-alcohol motifs (C(OH)–C–C–N with tert-alkyl or cyclic N) is 1. The molecule has 1 aliphatic rings. The normalized spacial score (nSPS) is 32.3. The predicted molar refractivity (Wildman–Crippen MR) is 91.4 cm³/mol. The van der Waals surface area contributed by atoms with Crippen molar-refractivity contribution in [3.63, 3.8) is 0 Å². The minimum absolute atomic E-state index is 0.155. The summed E-state index contributed by atoms with van der Waals surface area (Å²) in [5.74, 6) is 0. The number of aliphatic hydroxyl groups is 4. The summed E-state index contributed by atoms with van der Waals surface area (Å²) in [6.07, 6.45) is 5.15. The van der Waals surface area contributed by atoms with Gasteiger partial charge in [-0.15, -0.1) is 0 Å². The molecule has 0 amide bonds. The Balaban J connectivity index is 2.38. The zero-order chi connectivity index (χ0) is 15.8. The van der Waals surface area contributed by atoms with Gasteiger partial charge in [0.25, 0.3) is 0 Å². The van der Waals surface area contributed by atoms with Crippen molar-refractivity contribution in [1.29, 1.82) is 0 Å². The van der Waals surface area contributed by atoms with Crippen LogP contribution in [0.5, 0.6) is 0 Å². The Morgan fingerprint density at radius 2 is 1.67 bits per heavy atom. The summed E-state index contributed by atoms with van der Waals surface area (Å²) in [4.78, 5) is 1.93. The summed E-state index contributed by atoms with van der Waals surface area (Å²) in [5.41, 5.74) is 0. The molecule has 5 atom stereocenters. The van der Waals surface area contributed by atoms with E-state index in [2.05, 4.69) is 29.5 Å². The number of alkyl halides is 1. The first kappa shape index (κ1) is 19.6. The molecule has 0 aromatic rings. The van der Waals surface area contributed by atoms with Crippen LogP contribution in [0.15, 0.2) is 0 Å². The van der Waals surface area contributed by atoms with Crippen LogP contribution in [0.25, 0.3) is 0 Å². The van der Waals surface area contributed by atoms with Gasteiger partial charge in [-0.05, 0) is 6.42 Å². The molecule has 1 heterocycles. The number of hydrogen-bond donors (Lipinski definition) is 4. The molecular weight excluding hydrogens is 385 g/mol. The maximum Gasteiger partial charge on any atom is 0.109 e. The summed E-state index contributed by atoms with van der Waals surface area (Å²) < 4.78 is 0.155. The molecule has 1 fully saturated rings. The van der Waals surface area contributed by atoms with E-state index in [4.69, 9.17) is 0 Å². The maximum absolute atomic E-state index is 9.98. The van der Waals surface area contributed by atoms with E-state index in [0.717, 1.165) is 12.8 Å². The quantitative estimate of drug-likeness (QED) is 0.197. The second-order valence-electron chi connectivity index (χ2n) is 5.99. The lowest BCUT2D eigenvalue weighted by Gasteiger charge is -2.45. The molecule has 0 bridgehead atoms. The minimum atomic E-state index is -1.17. The molecule has 1 saturated heterocycles. The Kier molecular flexibility index (Phi) is 9.63.